The number of aromatic nitrogens is 1. The zero-order valence-electron chi connectivity index (χ0n) is 19.1. The number of carbonyl (C=O) groups excluding carboxylic acids is 1. The fourth-order valence-electron chi connectivity index (χ4n) is 4.88. The Balaban J connectivity index is 1.27. The molecular weight excluding hydrogens is 390 g/mol. The summed E-state index contributed by atoms with van der Waals surface area (Å²) >= 11 is 0. The molecule has 1 amide bonds. The molecule has 0 saturated carbocycles. The van der Waals surface area contributed by atoms with Crippen molar-refractivity contribution in [1.29, 1.82) is 0 Å². The van der Waals surface area contributed by atoms with Crippen molar-refractivity contribution in [1.82, 2.24) is 25.0 Å². The molecule has 3 aliphatic heterocycles. The van der Waals surface area contributed by atoms with Gasteiger partial charge in [-0.2, -0.15) is 0 Å². The highest BCUT2D eigenvalue weighted by Gasteiger charge is 2.30. The van der Waals surface area contributed by atoms with Crippen LogP contribution in [0.3, 0.4) is 0 Å². The SMILES string of the molecule is CN=C(NCc1ccnc(N2CCCC2)c1)N1CCN(C(C)C(=O)N2CCCC2)CC1. The number of nitrogens with one attached hydrogen (secondary N) is 1. The molecule has 1 aromatic heterocycles. The summed E-state index contributed by atoms with van der Waals surface area (Å²) in [6.07, 6.45) is 6.71. The highest BCUT2D eigenvalue weighted by molar-refractivity contribution is 5.82. The van der Waals surface area contributed by atoms with Crippen LogP contribution in [0, 0.1) is 0 Å². The maximum atomic E-state index is 12.7. The van der Waals surface area contributed by atoms with E-state index in [4.69, 9.17) is 0 Å². The number of guanidine groups is 1. The lowest BCUT2D eigenvalue weighted by atomic mass is 10.2. The molecule has 31 heavy (non-hydrogen) atoms. The average Bonchev–Trinajstić information content (AvgIpc) is 3.54. The van der Waals surface area contributed by atoms with Gasteiger partial charge in [-0.05, 0) is 50.3 Å². The van der Waals surface area contributed by atoms with Gasteiger partial charge in [-0.3, -0.25) is 14.7 Å². The van der Waals surface area contributed by atoms with Gasteiger partial charge in [0.25, 0.3) is 0 Å². The topological polar surface area (TPSA) is 67.3 Å². The molecule has 1 unspecified atom stereocenters. The first-order valence-electron chi connectivity index (χ1n) is 11.8. The monoisotopic (exact) mass is 427 g/mol. The van der Waals surface area contributed by atoms with Crippen LogP contribution >= 0.6 is 0 Å². The second kappa shape index (κ2) is 10.3. The molecular formula is C23H37N7O. The number of hydrogen-bond acceptors (Lipinski definition) is 5. The zero-order chi connectivity index (χ0) is 21.6. The van der Waals surface area contributed by atoms with E-state index in [2.05, 4.69) is 49.0 Å². The van der Waals surface area contributed by atoms with Crippen LogP contribution in [0.4, 0.5) is 5.82 Å². The van der Waals surface area contributed by atoms with Gasteiger partial charge < -0.3 is 20.0 Å². The molecule has 8 nitrogen and oxygen atoms in total. The highest BCUT2D eigenvalue weighted by Crippen LogP contribution is 2.18. The first kappa shape index (κ1) is 21.9. The van der Waals surface area contributed by atoms with Crippen molar-refractivity contribution < 1.29 is 4.79 Å². The van der Waals surface area contributed by atoms with Crippen molar-refractivity contribution in [2.24, 2.45) is 4.99 Å². The minimum absolute atomic E-state index is 0.0314. The summed E-state index contributed by atoms with van der Waals surface area (Å²) in [5.74, 6) is 2.30. The average molecular weight is 428 g/mol. The van der Waals surface area contributed by atoms with Gasteiger partial charge in [-0.1, -0.05) is 0 Å². The van der Waals surface area contributed by atoms with E-state index in [0.29, 0.717) is 5.91 Å². The minimum Gasteiger partial charge on any atom is -0.357 e. The Labute approximate surface area is 186 Å². The smallest absolute Gasteiger partial charge is 0.239 e. The van der Waals surface area contributed by atoms with Crippen LogP contribution in [0.1, 0.15) is 38.2 Å². The van der Waals surface area contributed by atoms with Crippen molar-refractivity contribution in [2.75, 3.05) is 64.3 Å². The lowest BCUT2D eigenvalue weighted by Gasteiger charge is -2.39. The summed E-state index contributed by atoms with van der Waals surface area (Å²) in [7, 11) is 1.84. The molecule has 0 bridgehead atoms. The van der Waals surface area contributed by atoms with Crippen molar-refractivity contribution >= 4 is 17.7 Å². The molecule has 4 rings (SSSR count). The second-order valence-electron chi connectivity index (χ2n) is 8.85. The van der Waals surface area contributed by atoms with Crippen LogP contribution in [-0.2, 0) is 11.3 Å². The van der Waals surface area contributed by atoms with Gasteiger partial charge in [0.05, 0.1) is 6.04 Å². The summed E-state index contributed by atoms with van der Waals surface area (Å²) in [5.41, 5.74) is 1.22. The van der Waals surface area contributed by atoms with Crippen LogP contribution in [0.2, 0.25) is 0 Å². The number of amides is 1. The maximum absolute atomic E-state index is 12.7. The van der Waals surface area contributed by atoms with E-state index in [1.165, 1.54) is 18.4 Å². The first-order chi connectivity index (χ1) is 15.2. The van der Waals surface area contributed by atoms with E-state index in [1.807, 2.05) is 18.1 Å². The third-order valence-corrected chi connectivity index (χ3v) is 6.84. The summed E-state index contributed by atoms with van der Waals surface area (Å²) in [4.78, 5) is 30.8. The highest BCUT2D eigenvalue weighted by atomic mass is 16.2. The van der Waals surface area contributed by atoms with E-state index in [0.717, 1.165) is 83.5 Å². The van der Waals surface area contributed by atoms with E-state index < -0.39 is 0 Å². The van der Waals surface area contributed by atoms with Crippen LogP contribution in [0.15, 0.2) is 23.3 Å². The van der Waals surface area contributed by atoms with E-state index >= 15 is 0 Å². The number of likely N-dealkylation sites (tertiary alicyclic amines) is 1. The Kier molecular flexibility index (Phi) is 7.27. The Bertz CT molecular complexity index is 763. The number of piperazine rings is 1. The standard InChI is InChI=1S/C23H37N7O/c1-19(22(31)29-11-5-6-12-29)27-13-15-30(16-14-27)23(24-2)26-18-20-7-8-25-21(17-20)28-9-3-4-10-28/h7-8,17,19H,3-6,9-16,18H2,1-2H3,(H,24,26). The molecule has 1 N–H and O–H groups in total. The van der Waals surface area contributed by atoms with Gasteiger partial charge in [0.2, 0.25) is 5.91 Å². The fraction of sp³-hybridized carbons (Fsp3) is 0.696. The zero-order valence-corrected chi connectivity index (χ0v) is 19.1. The molecule has 1 atom stereocenters. The van der Waals surface area contributed by atoms with Gasteiger partial charge in [-0.25, -0.2) is 4.98 Å². The van der Waals surface area contributed by atoms with E-state index in [1.54, 1.807) is 0 Å². The number of hydrogen-bond donors (Lipinski definition) is 1. The molecule has 3 saturated heterocycles. The number of aliphatic imine (C=N–C) groups is 1. The Hall–Kier alpha value is -2.35. The Morgan fingerprint density at radius 2 is 1.71 bits per heavy atom. The summed E-state index contributed by atoms with van der Waals surface area (Å²) in [5, 5.41) is 3.52. The molecule has 0 spiro atoms. The van der Waals surface area contributed by atoms with Crippen molar-refractivity contribution in [2.45, 2.75) is 45.2 Å². The lowest BCUT2D eigenvalue weighted by Crippen LogP contribution is -2.57. The molecule has 3 fully saturated rings. The fourth-order valence-corrected chi connectivity index (χ4v) is 4.88. The normalized spacial score (nSPS) is 21.6. The van der Waals surface area contributed by atoms with Crippen molar-refractivity contribution in [3.8, 4) is 0 Å². The maximum Gasteiger partial charge on any atom is 0.239 e. The number of pyridine rings is 1. The molecule has 170 valence electrons. The Morgan fingerprint density at radius 3 is 2.39 bits per heavy atom. The second-order valence-corrected chi connectivity index (χ2v) is 8.85. The largest absolute Gasteiger partial charge is 0.357 e. The predicted molar refractivity (Wildman–Crippen MR) is 124 cm³/mol. The molecule has 3 aliphatic rings. The van der Waals surface area contributed by atoms with Crippen LogP contribution < -0.4 is 10.2 Å². The minimum atomic E-state index is -0.0314. The van der Waals surface area contributed by atoms with Crippen LogP contribution in [0.5, 0.6) is 0 Å². The molecule has 0 aliphatic carbocycles. The lowest BCUT2D eigenvalue weighted by molar-refractivity contribution is -0.135. The van der Waals surface area contributed by atoms with Gasteiger partial charge in [-0.15, -0.1) is 0 Å². The number of nitrogens with zero attached hydrogens (tertiary/aromatic N) is 6. The summed E-state index contributed by atoms with van der Waals surface area (Å²) in [6, 6.07) is 4.23. The summed E-state index contributed by atoms with van der Waals surface area (Å²) < 4.78 is 0. The van der Waals surface area contributed by atoms with Gasteiger partial charge in [0, 0.05) is 72.1 Å². The molecule has 4 heterocycles. The molecule has 1 aromatic rings. The molecule has 0 aromatic carbocycles. The van der Waals surface area contributed by atoms with Crippen molar-refractivity contribution in [3.05, 3.63) is 23.9 Å². The predicted octanol–water partition coefficient (Wildman–Crippen LogP) is 1.39. The Morgan fingerprint density at radius 1 is 1.03 bits per heavy atom. The number of anilines is 1. The number of rotatable bonds is 5. The van der Waals surface area contributed by atoms with Crippen LogP contribution in [-0.4, -0.2) is 97.0 Å². The summed E-state index contributed by atoms with van der Waals surface area (Å²) in [6.45, 7) is 10.4. The van der Waals surface area contributed by atoms with Gasteiger partial charge in [0.1, 0.15) is 5.82 Å². The molecule has 8 heteroatoms. The van der Waals surface area contributed by atoms with Gasteiger partial charge >= 0.3 is 0 Å². The first-order valence-corrected chi connectivity index (χ1v) is 11.8. The van der Waals surface area contributed by atoms with Crippen LogP contribution in [0.25, 0.3) is 0 Å². The van der Waals surface area contributed by atoms with Gasteiger partial charge in [0.15, 0.2) is 5.96 Å². The third kappa shape index (κ3) is 5.29. The molecule has 0 radical (unpaired) electrons. The van der Waals surface area contributed by atoms with E-state index in [-0.39, 0.29) is 6.04 Å². The van der Waals surface area contributed by atoms with E-state index in [9.17, 15) is 4.79 Å². The quantitative estimate of drug-likeness (QED) is 0.566. The number of carbonyl (C=O) groups is 1. The third-order valence-electron chi connectivity index (χ3n) is 6.84. The van der Waals surface area contributed by atoms with Crippen molar-refractivity contribution in [3.63, 3.8) is 0 Å².